The number of fused-ring (bicyclic) bond motifs is 2. The molecule has 0 spiro atoms. The Morgan fingerprint density at radius 2 is 1.75 bits per heavy atom. The van der Waals surface area contributed by atoms with Gasteiger partial charge in [0.05, 0.1) is 24.2 Å². The molecule has 32 heavy (non-hydrogen) atoms. The van der Waals surface area contributed by atoms with Crippen molar-refractivity contribution in [2.75, 3.05) is 11.9 Å². The number of anilines is 1. The number of rotatable bonds is 5. The van der Waals surface area contributed by atoms with Crippen molar-refractivity contribution < 1.29 is 9.53 Å². The number of hydrogen-bond acceptors (Lipinski definition) is 5. The van der Waals surface area contributed by atoms with Gasteiger partial charge in [0.2, 0.25) is 0 Å². The fraction of sp³-hybridized carbons (Fsp3) is 0.120. The van der Waals surface area contributed by atoms with Crippen LogP contribution in [0.1, 0.15) is 23.1 Å². The Hall–Kier alpha value is -4.26. The minimum Gasteiger partial charge on any atom is -0.492 e. The van der Waals surface area contributed by atoms with Crippen molar-refractivity contribution in [1.82, 2.24) is 19.8 Å². The quantitative estimate of drug-likeness (QED) is 0.435. The van der Waals surface area contributed by atoms with E-state index < -0.39 is 0 Å². The third-order valence-electron chi connectivity index (χ3n) is 5.38. The van der Waals surface area contributed by atoms with Crippen LogP contribution in [0.3, 0.4) is 0 Å². The van der Waals surface area contributed by atoms with Gasteiger partial charge in [0.15, 0.2) is 11.3 Å². The first-order valence-electron chi connectivity index (χ1n) is 10.4. The maximum absolute atomic E-state index is 13.0. The molecule has 0 fully saturated rings. The first-order chi connectivity index (χ1) is 15.7. The zero-order valence-corrected chi connectivity index (χ0v) is 17.7. The van der Waals surface area contributed by atoms with Gasteiger partial charge < -0.3 is 10.1 Å². The number of benzene rings is 3. The second-order valence-electron chi connectivity index (χ2n) is 7.34. The normalized spacial score (nSPS) is 11.1. The van der Waals surface area contributed by atoms with Gasteiger partial charge in [0.1, 0.15) is 5.75 Å². The maximum Gasteiger partial charge on any atom is 0.278 e. The fourth-order valence-corrected chi connectivity index (χ4v) is 3.85. The summed E-state index contributed by atoms with van der Waals surface area (Å²) in [5.74, 6) is 0.235. The third kappa shape index (κ3) is 3.33. The van der Waals surface area contributed by atoms with E-state index in [9.17, 15) is 4.79 Å². The third-order valence-corrected chi connectivity index (χ3v) is 5.38. The zero-order chi connectivity index (χ0) is 22.1. The molecule has 1 amide bonds. The lowest BCUT2D eigenvalue weighted by Crippen LogP contribution is -2.19. The standard InChI is InChI=1S/C25H21N5O2/c1-3-32-22-14-7-6-13-21(22)27-25(31)23-16(2)30-24(29-28-23)20(15-26-30)19-12-8-10-17-9-4-5-11-18(17)19/h4-15H,3H2,1-2H3,(H,27,31). The lowest BCUT2D eigenvalue weighted by Gasteiger charge is -2.12. The maximum atomic E-state index is 13.0. The van der Waals surface area contributed by atoms with Crippen molar-refractivity contribution in [2.45, 2.75) is 13.8 Å². The summed E-state index contributed by atoms with van der Waals surface area (Å²) >= 11 is 0. The van der Waals surface area contributed by atoms with E-state index in [1.165, 1.54) is 0 Å². The van der Waals surface area contributed by atoms with Gasteiger partial charge in [0.25, 0.3) is 5.91 Å². The van der Waals surface area contributed by atoms with Crippen molar-refractivity contribution >= 4 is 28.0 Å². The highest BCUT2D eigenvalue weighted by molar-refractivity contribution is 6.04. The Labute approximate surface area is 184 Å². The van der Waals surface area contributed by atoms with E-state index in [-0.39, 0.29) is 11.6 Å². The number of nitrogens with zero attached hydrogens (tertiary/aromatic N) is 4. The van der Waals surface area contributed by atoms with Crippen LogP contribution in [0.25, 0.3) is 27.5 Å². The number of nitrogens with one attached hydrogen (secondary N) is 1. The average molecular weight is 423 g/mol. The van der Waals surface area contributed by atoms with Gasteiger partial charge in [-0.05, 0) is 42.3 Å². The molecule has 5 rings (SSSR count). The Balaban J connectivity index is 1.54. The molecule has 0 atom stereocenters. The van der Waals surface area contributed by atoms with Crippen molar-refractivity contribution in [1.29, 1.82) is 0 Å². The molecule has 7 nitrogen and oxygen atoms in total. The summed E-state index contributed by atoms with van der Waals surface area (Å²) < 4.78 is 7.25. The number of carbonyl (C=O) groups excluding carboxylic acids is 1. The van der Waals surface area contributed by atoms with Gasteiger partial charge in [-0.25, -0.2) is 4.52 Å². The van der Waals surface area contributed by atoms with Gasteiger partial charge >= 0.3 is 0 Å². The summed E-state index contributed by atoms with van der Waals surface area (Å²) in [5, 5.41) is 18.2. The summed E-state index contributed by atoms with van der Waals surface area (Å²) in [4.78, 5) is 13.0. The van der Waals surface area contributed by atoms with Gasteiger partial charge in [-0.1, -0.05) is 54.6 Å². The molecule has 0 aliphatic rings. The second-order valence-corrected chi connectivity index (χ2v) is 7.34. The summed E-state index contributed by atoms with van der Waals surface area (Å²) in [6.45, 7) is 4.21. The zero-order valence-electron chi connectivity index (χ0n) is 17.7. The molecule has 0 aliphatic carbocycles. The topological polar surface area (TPSA) is 81.4 Å². The molecule has 0 aliphatic heterocycles. The van der Waals surface area contributed by atoms with Gasteiger partial charge in [-0.2, -0.15) is 5.10 Å². The van der Waals surface area contributed by atoms with E-state index in [0.29, 0.717) is 29.4 Å². The molecule has 0 radical (unpaired) electrons. The van der Waals surface area contributed by atoms with Gasteiger partial charge in [-0.15, -0.1) is 10.2 Å². The predicted molar refractivity (Wildman–Crippen MR) is 124 cm³/mol. The van der Waals surface area contributed by atoms with Crippen molar-refractivity contribution in [2.24, 2.45) is 0 Å². The van der Waals surface area contributed by atoms with Crippen LogP contribution in [0.5, 0.6) is 5.75 Å². The minimum absolute atomic E-state index is 0.205. The Morgan fingerprint density at radius 3 is 2.62 bits per heavy atom. The highest BCUT2D eigenvalue weighted by atomic mass is 16.5. The van der Waals surface area contributed by atoms with Crippen LogP contribution in [0.4, 0.5) is 5.69 Å². The number of aromatic nitrogens is 4. The predicted octanol–water partition coefficient (Wildman–Crippen LogP) is 4.90. The van der Waals surface area contributed by atoms with Crippen LogP contribution in [-0.4, -0.2) is 32.3 Å². The van der Waals surface area contributed by atoms with E-state index in [2.05, 4.69) is 38.8 Å². The molecule has 0 unspecified atom stereocenters. The van der Waals surface area contributed by atoms with Crippen LogP contribution in [-0.2, 0) is 0 Å². The second kappa shape index (κ2) is 8.11. The molecule has 0 saturated heterocycles. The van der Waals surface area contributed by atoms with Crippen LogP contribution in [0, 0.1) is 6.92 Å². The van der Waals surface area contributed by atoms with E-state index in [4.69, 9.17) is 4.74 Å². The Bertz CT molecular complexity index is 1450. The van der Waals surface area contributed by atoms with Crippen LogP contribution < -0.4 is 10.1 Å². The van der Waals surface area contributed by atoms with Crippen molar-refractivity contribution in [3.8, 4) is 16.9 Å². The number of carbonyl (C=O) groups is 1. The van der Waals surface area contributed by atoms with E-state index >= 15 is 0 Å². The van der Waals surface area contributed by atoms with Crippen molar-refractivity contribution in [3.05, 3.63) is 84.3 Å². The summed E-state index contributed by atoms with van der Waals surface area (Å²) in [5.41, 5.74) is 3.88. The summed E-state index contributed by atoms with van der Waals surface area (Å²) in [7, 11) is 0. The molecule has 0 bridgehead atoms. The molecule has 2 aromatic heterocycles. The SMILES string of the molecule is CCOc1ccccc1NC(=O)c1nnc2c(-c3cccc4ccccc34)cnn2c1C. The molecule has 3 aromatic carbocycles. The highest BCUT2D eigenvalue weighted by Crippen LogP contribution is 2.31. The summed E-state index contributed by atoms with van der Waals surface area (Å²) in [6.07, 6.45) is 1.77. The number of para-hydroxylation sites is 2. The Kier molecular flexibility index (Phi) is 4.99. The first-order valence-corrected chi connectivity index (χ1v) is 10.4. The van der Waals surface area contributed by atoms with Crippen LogP contribution in [0.15, 0.2) is 72.9 Å². The first kappa shape index (κ1) is 19.7. The lowest BCUT2D eigenvalue weighted by atomic mass is 10.0. The lowest BCUT2D eigenvalue weighted by molar-refractivity contribution is 0.101. The highest BCUT2D eigenvalue weighted by Gasteiger charge is 2.20. The summed E-state index contributed by atoms with van der Waals surface area (Å²) in [6, 6.07) is 21.6. The molecular weight excluding hydrogens is 402 g/mol. The fourth-order valence-electron chi connectivity index (χ4n) is 3.85. The van der Waals surface area contributed by atoms with Crippen LogP contribution in [0.2, 0.25) is 0 Å². The van der Waals surface area contributed by atoms with Gasteiger partial charge in [-0.3, -0.25) is 4.79 Å². The molecule has 5 aromatic rings. The molecule has 2 heterocycles. The Morgan fingerprint density at radius 1 is 0.969 bits per heavy atom. The van der Waals surface area contributed by atoms with E-state index in [1.54, 1.807) is 16.8 Å². The number of aryl methyl sites for hydroxylation is 1. The molecule has 1 N–H and O–H groups in total. The molecular formula is C25H21N5O2. The van der Waals surface area contributed by atoms with Crippen LogP contribution >= 0.6 is 0 Å². The average Bonchev–Trinajstić information content (AvgIpc) is 3.25. The number of hydrogen-bond donors (Lipinski definition) is 1. The smallest absolute Gasteiger partial charge is 0.278 e. The van der Waals surface area contributed by atoms with Gasteiger partial charge in [0, 0.05) is 5.56 Å². The van der Waals surface area contributed by atoms with E-state index in [0.717, 1.165) is 21.9 Å². The number of ether oxygens (including phenoxy) is 1. The molecule has 0 saturated carbocycles. The minimum atomic E-state index is -0.369. The molecule has 7 heteroatoms. The van der Waals surface area contributed by atoms with Crippen molar-refractivity contribution in [3.63, 3.8) is 0 Å². The van der Waals surface area contributed by atoms with E-state index in [1.807, 2.05) is 56.3 Å². The molecule has 158 valence electrons. The number of amides is 1. The monoisotopic (exact) mass is 423 g/mol. The largest absolute Gasteiger partial charge is 0.492 e.